The molecule has 0 unspecified atom stereocenters. The number of fused-ring (bicyclic) bond motifs is 1. The van der Waals surface area contributed by atoms with Crippen LogP contribution in [0.3, 0.4) is 0 Å². The Morgan fingerprint density at radius 1 is 0.878 bits per heavy atom. The lowest BCUT2D eigenvalue weighted by atomic mass is 9.85. The van der Waals surface area contributed by atoms with Crippen LogP contribution in [-0.4, -0.2) is 48.7 Å². The van der Waals surface area contributed by atoms with Crippen molar-refractivity contribution in [3.05, 3.63) is 108 Å². The molecule has 1 saturated heterocycles. The zero-order chi connectivity index (χ0) is 29.0. The second kappa shape index (κ2) is 12.1. The number of piperidine rings is 1. The van der Waals surface area contributed by atoms with Gasteiger partial charge < -0.3 is 19.7 Å². The van der Waals surface area contributed by atoms with E-state index in [9.17, 15) is 9.59 Å². The number of nitrogens with one attached hydrogen (secondary N) is 1. The van der Waals surface area contributed by atoms with Crippen LogP contribution in [0.5, 0.6) is 0 Å². The Morgan fingerprint density at radius 2 is 1.63 bits per heavy atom. The molecule has 6 nitrogen and oxygen atoms in total. The number of benzene rings is 4. The standard InChI is InChI=1S/C35H38N2O4/c1-35(2,3)41-34(39)37-19-18-31(32(22-37)40-23-24-12-13-25-8-5-6-9-28(25)20-24)30-11-7-10-29(21-30)26-14-16-27(17-15-26)33(38)36-4/h5-17,20-21,31-32H,18-19,22-23H2,1-4H3,(H,36,38)/t31-,32+/m1/s1. The molecule has 0 saturated carbocycles. The fourth-order valence-corrected chi connectivity index (χ4v) is 5.40. The predicted molar refractivity (Wildman–Crippen MR) is 163 cm³/mol. The quantitative estimate of drug-likeness (QED) is 0.276. The van der Waals surface area contributed by atoms with E-state index in [-0.39, 0.29) is 24.0 Å². The third-order valence-electron chi connectivity index (χ3n) is 7.51. The molecule has 41 heavy (non-hydrogen) atoms. The van der Waals surface area contributed by atoms with Crippen molar-refractivity contribution in [2.45, 2.75) is 51.4 Å². The number of nitrogens with zero attached hydrogens (tertiary/aromatic N) is 1. The number of carbonyl (C=O) groups excluding carboxylic acids is 2. The minimum Gasteiger partial charge on any atom is -0.444 e. The molecule has 0 radical (unpaired) electrons. The van der Waals surface area contributed by atoms with Gasteiger partial charge >= 0.3 is 6.09 Å². The summed E-state index contributed by atoms with van der Waals surface area (Å²) in [7, 11) is 1.63. The average Bonchev–Trinajstić information content (AvgIpc) is 2.98. The Bertz CT molecular complexity index is 1520. The molecule has 1 heterocycles. The van der Waals surface area contributed by atoms with Crippen LogP contribution in [0, 0.1) is 0 Å². The van der Waals surface area contributed by atoms with Gasteiger partial charge in [0.2, 0.25) is 0 Å². The Hall–Kier alpha value is -4.16. The van der Waals surface area contributed by atoms with Gasteiger partial charge in [-0.2, -0.15) is 0 Å². The molecule has 4 aromatic rings. The molecule has 212 valence electrons. The number of hydrogen-bond acceptors (Lipinski definition) is 4. The van der Waals surface area contributed by atoms with E-state index in [4.69, 9.17) is 9.47 Å². The monoisotopic (exact) mass is 550 g/mol. The number of amides is 2. The largest absolute Gasteiger partial charge is 0.444 e. The maximum atomic E-state index is 13.0. The van der Waals surface area contributed by atoms with Gasteiger partial charge in [0.25, 0.3) is 5.91 Å². The summed E-state index contributed by atoms with van der Waals surface area (Å²) in [5.41, 5.74) is 4.46. The van der Waals surface area contributed by atoms with E-state index in [2.05, 4.69) is 59.9 Å². The lowest BCUT2D eigenvalue weighted by Crippen LogP contribution is -2.48. The highest BCUT2D eigenvalue weighted by atomic mass is 16.6. The zero-order valence-corrected chi connectivity index (χ0v) is 24.2. The molecule has 2 amide bonds. The smallest absolute Gasteiger partial charge is 0.410 e. The van der Waals surface area contributed by atoms with Crippen LogP contribution in [0.25, 0.3) is 21.9 Å². The summed E-state index contributed by atoms with van der Waals surface area (Å²) < 4.78 is 12.3. The Morgan fingerprint density at radius 3 is 2.37 bits per heavy atom. The Kier molecular flexibility index (Phi) is 8.41. The molecular formula is C35H38N2O4. The van der Waals surface area contributed by atoms with E-state index in [0.717, 1.165) is 23.1 Å². The first-order valence-electron chi connectivity index (χ1n) is 14.2. The van der Waals surface area contributed by atoms with Gasteiger partial charge in [0.15, 0.2) is 0 Å². The van der Waals surface area contributed by atoms with Gasteiger partial charge in [-0.15, -0.1) is 0 Å². The van der Waals surface area contributed by atoms with Gasteiger partial charge in [0.1, 0.15) is 5.60 Å². The van der Waals surface area contributed by atoms with E-state index in [1.807, 2.05) is 57.2 Å². The van der Waals surface area contributed by atoms with Crippen LogP contribution in [0.15, 0.2) is 91.0 Å². The zero-order valence-electron chi connectivity index (χ0n) is 24.2. The van der Waals surface area contributed by atoms with Crippen molar-refractivity contribution in [2.75, 3.05) is 20.1 Å². The van der Waals surface area contributed by atoms with Crippen LogP contribution in [0.1, 0.15) is 54.6 Å². The Balaban J connectivity index is 1.38. The first-order valence-corrected chi connectivity index (χ1v) is 14.2. The summed E-state index contributed by atoms with van der Waals surface area (Å²) in [6, 6.07) is 30.8. The maximum Gasteiger partial charge on any atom is 0.410 e. The van der Waals surface area contributed by atoms with Crippen LogP contribution >= 0.6 is 0 Å². The minimum absolute atomic E-state index is 0.103. The molecule has 0 aromatic heterocycles. The third kappa shape index (κ3) is 6.95. The van der Waals surface area contributed by atoms with E-state index < -0.39 is 5.60 Å². The van der Waals surface area contributed by atoms with Crippen molar-refractivity contribution in [2.24, 2.45) is 0 Å². The second-order valence-electron chi connectivity index (χ2n) is 11.6. The number of likely N-dealkylation sites (tertiary alicyclic amines) is 1. The maximum absolute atomic E-state index is 13.0. The molecule has 0 bridgehead atoms. The van der Waals surface area contributed by atoms with Crippen molar-refractivity contribution >= 4 is 22.8 Å². The van der Waals surface area contributed by atoms with Gasteiger partial charge in [0, 0.05) is 25.1 Å². The molecule has 1 fully saturated rings. The highest BCUT2D eigenvalue weighted by Crippen LogP contribution is 2.34. The SMILES string of the molecule is CNC(=O)c1ccc(-c2cccc([C@H]3CCN(C(=O)OC(C)(C)C)C[C@@H]3OCc3ccc4ccccc4c3)c2)cc1. The molecule has 6 heteroatoms. The summed E-state index contributed by atoms with van der Waals surface area (Å²) in [5.74, 6) is 0.00712. The highest BCUT2D eigenvalue weighted by Gasteiger charge is 2.35. The molecule has 2 atom stereocenters. The number of hydrogen-bond donors (Lipinski definition) is 1. The van der Waals surface area contributed by atoms with Gasteiger partial charge in [-0.05, 0) is 78.4 Å². The van der Waals surface area contributed by atoms with Crippen molar-refractivity contribution in [1.82, 2.24) is 10.2 Å². The third-order valence-corrected chi connectivity index (χ3v) is 7.51. The fourth-order valence-electron chi connectivity index (χ4n) is 5.40. The van der Waals surface area contributed by atoms with Crippen molar-refractivity contribution in [1.29, 1.82) is 0 Å². The van der Waals surface area contributed by atoms with Crippen LogP contribution < -0.4 is 5.32 Å². The molecule has 0 spiro atoms. The first kappa shape index (κ1) is 28.4. The van der Waals surface area contributed by atoms with E-state index in [1.54, 1.807) is 11.9 Å². The summed E-state index contributed by atoms with van der Waals surface area (Å²) in [6.45, 7) is 7.17. The molecule has 1 aliphatic heterocycles. The number of ether oxygens (including phenoxy) is 2. The second-order valence-corrected chi connectivity index (χ2v) is 11.6. The lowest BCUT2D eigenvalue weighted by molar-refractivity contribution is -0.0359. The summed E-state index contributed by atoms with van der Waals surface area (Å²) >= 11 is 0. The van der Waals surface area contributed by atoms with E-state index in [0.29, 0.717) is 25.3 Å². The Labute approximate surface area is 242 Å². The molecule has 0 aliphatic carbocycles. The van der Waals surface area contributed by atoms with Crippen molar-refractivity contribution in [3.63, 3.8) is 0 Å². The van der Waals surface area contributed by atoms with Gasteiger partial charge in [-0.25, -0.2) is 4.79 Å². The fraction of sp³-hybridized carbons (Fsp3) is 0.314. The summed E-state index contributed by atoms with van der Waals surface area (Å²) in [4.78, 5) is 26.7. The van der Waals surface area contributed by atoms with Crippen LogP contribution in [0.2, 0.25) is 0 Å². The molecule has 5 rings (SSSR count). The average molecular weight is 551 g/mol. The van der Waals surface area contributed by atoms with Crippen molar-refractivity contribution < 1.29 is 19.1 Å². The molecular weight excluding hydrogens is 512 g/mol. The molecule has 1 aliphatic rings. The topological polar surface area (TPSA) is 67.9 Å². The van der Waals surface area contributed by atoms with E-state index >= 15 is 0 Å². The normalized spacial score (nSPS) is 17.3. The number of carbonyl (C=O) groups is 2. The van der Waals surface area contributed by atoms with Crippen LogP contribution in [-0.2, 0) is 16.1 Å². The lowest BCUT2D eigenvalue weighted by Gasteiger charge is -2.39. The predicted octanol–water partition coefficient (Wildman–Crippen LogP) is 7.18. The van der Waals surface area contributed by atoms with Crippen molar-refractivity contribution in [3.8, 4) is 11.1 Å². The number of rotatable bonds is 6. The van der Waals surface area contributed by atoms with Gasteiger partial charge in [-0.1, -0.05) is 72.8 Å². The first-order chi connectivity index (χ1) is 19.7. The van der Waals surface area contributed by atoms with Crippen LogP contribution in [0.4, 0.5) is 4.79 Å². The summed E-state index contributed by atoms with van der Waals surface area (Å²) in [5, 5.41) is 5.04. The van der Waals surface area contributed by atoms with Gasteiger partial charge in [0.05, 0.1) is 19.3 Å². The molecule has 4 aromatic carbocycles. The minimum atomic E-state index is -0.558. The highest BCUT2D eigenvalue weighted by molar-refractivity contribution is 5.94. The molecule has 1 N–H and O–H groups in total. The van der Waals surface area contributed by atoms with Gasteiger partial charge in [-0.3, -0.25) is 4.79 Å². The van der Waals surface area contributed by atoms with E-state index in [1.165, 1.54) is 16.3 Å². The summed E-state index contributed by atoms with van der Waals surface area (Å²) in [6.07, 6.45) is 0.259.